The van der Waals surface area contributed by atoms with Crippen LogP contribution < -0.4 is 16.6 Å². The molecule has 2 rings (SSSR count). The van der Waals surface area contributed by atoms with E-state index in [0.29, 0.717) is 10.6 Å². The van der Waals surface area contributed by atoms with Gasteiger partial charge in [-0.2, -0.15) is 20.6 Å². The van der Waals surface area contributed by atoms with Crippen LogP contribution in [0.1, 0.15) is 5.56 Å². The summed E-state index contributed by atoms with van der Waals surface area (Å²) in [6.45, 7) is 0. The van der Waals surface area contributed by atoms with Gasteiger partial charge in [0.1, 0.15) is 4.90 Å². The summed E-state index contributed by atoms with van der Waals surface area (Å²) in [7, 11) is -3.92. The fraction of sp³-hybridized carbons (Fsp3) is 0. The van der Waals surface area contributed by atoms with Crippen molar-refractivity contribution in [2.24, 2.45) is 0 Å². The summed E-state index contributed by atoms with van der Waals surface area (Å²) >= 11 is 5.68. The molecule has 2 aromatic rings. The first-order valence-electron chi connectivity index (χ1n) is 5.13. The monoisotopic (exact) mass is 351 g/mol. The molecule has 8 heteroatoms. The van der Waals surface area contributed by atoms with Gasteiger partial charge in [-0.1, -0.05) is 17.2 Å². The second-order valence-corrected chi connectivity index (χ2v) is 5.53. The molecule has 0 saturated heterocycles. The van der Waals surface area contributed by atoms with Crippen LogP contribution in [-0.2, 0) is 10.1 Å². The number of hydrogen-bond acceptors (Lipinski definition) is 4. The van der Waals surface area contributed by atoms with Gasteiger partial charge in [0.15, 0.2) is 0 Å². The molecular formula is C13H7Cl2MgNO3S. The molecular weight excluding hydrogens is 345 g/mol. The van der Waals surface area contributed by atoms with Crippen LogP contribution in [0.3, 0.4) is 0 Å². The van der Waals surface area contributed by atoms with Gasteiger partial charge in [-0.3, -0.25) is 0 Å². The first kappa shape index (κ1) is 20.0. The van der Waals surface area contributed by atoms with E-state index in [2.05, 4.69) is 6.07 Å². The van der Waals surface area contributed by atoms with E-state index < -0.39 is 10.1 Å². The van der Waals surface area contributed by atoms with Crippen molar-refractivity contribution in [2.75, 3.05) is 0 Å². The van der Waals surface area contributed by atoms with Crippen LogP contribution in [0.15, 0.2) is 47.4 Å². The van der Waals surface area contributed by atoms with E-state index in [4.69, 9.17) is 21.0 Å². The summed E-state index contributed by atoms with van der Waals surface area (Å²) in [5.74, 6) is 0.0222. The maximum absolute atomic E-state index is 11.9. The van der Waals surface area contributed by atoms with Crippen LogP contribution in [0.5, 0.6) is 5.75 Å². The predicted octanol–water partition coefficient (Wildman–Crippen LogP) is -0.597. The van der Waals surface area contributed by atoms with Crippen LogP contribution in [0.4, 0.5) is 0 Å². The fourth-order valence-electron chi connectivity index (χ4n) is 1.30. The van der Waals surface area contributed by atoms with Crippen molar-refractivity contribution < 1.29 is 25.0 Å². The zero-order valence-corrected chi connectivity index (χ0v) is 14.3. The average molecular weight is 352 g/mol. The molecule has 0 aliphatic carbocycles. The van der Waals surface area contributed by atoms with Crippen molar-refractivity contribution in [3.8, 4) is 11.8 Å². The van der Waals surface area contributed by atoms with Gasteiger partial charge in [0.05, 0.1) is 0 Å². The smallest absolute Gasteiger partial charge is 1.00 e. The number of nitrogens with zero attached hydrogens (tertiary/aromatic N) is 1. The van der Waals surface area contributed by atoms with Gasteiger partial charge in [-0.15, -0.1) is 12.1 Å². The number of halogens is 2. The quantitative estimate of drug-likeness (QED) is 0.420. The molecule has 0 amide bonds. The molecule has 0 spiro atoms. The number of rotatable bonds is 3. The third-order valence-corrected chi connectivity index (χ3v) is 3.72. The molecule has 0 aromatic heterocycles. The Morgan fingerprint density at radius 3 is 2.24 bits per heavy atom. The van der Waals surface area contributed by atoms with Crippen LogP contribution in [0.2, 0.25) is 5.02 Å². The van der Waals surface area contributed by atoms with Gasteiger partial charge in [-0.25, -0.2) is 5.26 Å². The van der Waals surface area contributed by atoms with E-state index in [0.717, 1.165) is 0 Å². The Labute approximate surface area is 150 Å². The Morgan fingerprint density at radius 2 is 1.76 bits per heavy atom. The minimum absolute atomic E-state index is 0. The molecule has 0 aliphatic heterocycles. The normalized spacial score (nSPS) is 9.71. The molecule has 0 saturated carbocycles. The van der Waals surface area contributed by atoms with Crippen LogP contribution in [0, 0.1) is 17.4 Å². The summed E-state index contributed by atoms with van der Waals surface area (Å²) in [6.07, 6.45) is 0. The van der Waals surface area contributed by atoms with Crippen molar-refractivity contribution in [1.29, 1.82) is 5.26 Å². The molecule has 0 atom stereocenters. The van der Waals surface area contributed by atoms with Crippen LogP contribution >= 0.6 is 11.6 Å². The summed E-state index contributed by atoms with van der Waals surface area (Å²) in [5.41, 5.74) is 0.372. The summed E-state index contributed by atoms with van der Waals surface area (Å²) in [4.78, 5) is -0.00494. The first-order valence-corrected chi connectivity index (χ1v) is 6.92. The van der Waals surface area contributed by atoms with Crippen LogP contribution in [-0.4, -0.2) is 31.5 Å². The molecule has 4 nitrogen and oxygen atoms in total. The molecule has 0 heterocycles. The van der Waals surface area contributed by atoms with Crippen molar-refractivity contribution in [2.45, 2.75) is 4.90 Å². The predicted molar refractivity (Wildman–Crippen MR) is 75.0 cm³/mol. The molecule has 0 fully saturated rings. The zero-order chi connectivity index (χ0) is 13.9. The minimum Gasteiger partial charge on any atom is -1.00 e. The molecule has 0 unspecified atom stereocenters. The van der Waals surface area contributed by atoms with Crippen molar-refractivity contribution in [3.63, 3.8) is 0 Å². The third-order valence-electron chi connectivity index (χ3n) is 2.22. The number of hydrogen-bond donors (Lipinski definition) is 0. The van der Waals surface area contributed by atoms with E-state index in [9.17, 15) is 8.42 Å². The van der Waals surface area contributed by atoms with Crippen molar-refractivity contribution in [1.82, 2.24) is 0 Å². The fourth-order valence-corrected chi connectivity index (χ4v) is 2.33. The summed E-state index contributed by atoms with van der Waals surface area (Å²) in [5, 5.41) is 9.06. The third kappa shape index (κ3) is 5.38. The van der Waals surface area contributed by atoms with E-state index in [1.807, 2.05) is 6.07 Å². The molecule has 0 aliphatic rings. The molecule has 0 radical (unpaired) electrons. The van der Waals surface area contributed by atoms with Crippen LogP contribution in [0.25, 0.3) is 0 Å². The maximum Gasteiger partial charge on any atom is 2.00 e. The summed E-state index contributed by atoms with van der Waals surface area (Å²) < 4.78 is 28.7. The minimum atomic E-state index is -3.92. The molecule has 104 valence electrons. The molecule has 2 aromatic carbocycles. The molecule has 0 bridgehead atoms. The Balaban J connectivity index is 0.00000200. The van der Waals surface area contributed by atoms with Gasteiger partial charge in [0, 0.05) is 16.8 Å². The standard InChI is InChI=1S/C13H7ClNO3S.ClH.Mg/c14-11-3-7-13(8-4-11)19(16,17)18-12-5-1-10(9-15)2-6-12;;/h1-5,7-8H;1H;/q-1;;+2/p-1. The van der Waals surface area contributed by atoms with E-state index in [-0.39, 0.29) is 46.1 Å². The van der Waals surface area contributed by atoms with Crippen molar-refractivity contribution in [3.05, 3.63) is 59.1 Å². The molecule has 0 N–H and O–H groups in total. The van der Waals surface area contributed by atoms with Gasteiger partial charge in [0.25, 0.3) is 0 Å². The first-order chi connectivity index (χ1) is 9.01. The Hall–Kier alpha value is -0.974. The van der Waals surface area contributed by atoms with Gasteiger partial charge in [0.2, 0.25) is 0 Å². The van der Waals surface area contributed by atoms with Gasteiger partial charge in [-0.05, 0) is 24.3 Å². The second-order valence-electron chi connectivity index (χ2n) is 3.54. The number of nitriles is 1. The van der Waals surface area contributed by atoms with E-state index >= 15 is 0 Å². The SMILES string of the molecule is N#Cc1c[c-]c(OS(=O)(=O)c2ccc(Cl)cc2)cc1.[Cl-].[Mg+2]. The average Bonchev–Trinajstić information content (AvgIpc) is 2.40. The Kier molecular flexibility index (Phi) is 8.07. The maximum atomic E-state index is 11.9. The van der Waals surface area contributed by atoms with E-state index in [1.54, 1.807) is 0 Å². The van der Waals surface area contributed by atoms with Crippen molar-refractivity contribution >= 4 is 44.8 Å². The van der Waals surface area contributed by atoms with Gasteiger partial charge >= 0.3 is 33.2 Å². The van der Waals surface area contributed by atoms with E-state index in [1.165, 1.54) is 42.5 Å². The Bertz CT molecular complexity index is 726. The second kappa shape index (κ2) is 8.46. The topological polar surface area (TPSA) is 67.2 Å². The zero-order valence-electron chi connectivity index (χ0n) is 10.6. The molecule has 21 heavy (non-hydrogen) atoms. The summed E-state index contributed by atoms with van der Waals surface area (Å²) in [6, 6.07) is 14.3. The number of benzene rings is 2. The largest absolute Gasteiger partial charge is 2.00 e. The Morgan fingerprint density at radius 1 is 1.14 bits per heavy atom. The van der Waals surface area contributed by atoms with Gasteiger partial charge < -0.3 is 16.6 Å².